The minimum atomic E-state index is -0.0119. The molecule has 0 unspecified atom stereocenters. The second kappa shape index (κ2) is 5.69. The van der Waals surface area contributed by atoms with Crippen LogP contribution in [0.5, 0.6) is 0 Å². The molecular formula is C21H21N. The van der Waals surface area contributed by atoms with Crippen molar-refractivity contribution in [3.8, 4) is 11.1 Å². The lowest BCUT2D eigenvalue weighted by Crippen LogP contribution is -2.18. The molecule has 0 saturated heterocycles. The van der Waals surface area contributed by atoms with Crippen LogP contribution < -0.4 is 5.73 Å². The lowest BCUT2D eigenvalue weighted by Gasteiger charge is -2.26. The van der Waals surface area contributed by atoms with Crippen molar-refractivity contribution < 1.29 is 0 Å². The zero-order valence-corrected chi connectivity index (χ0v) is 13.1. The molecule has 3 aromatic rings. The summed E-state index contributed by atoms with van der Waals surface area (Å²) in [5.41, 5.74) is 11.7. The van der Waals surface area contributed by atoms with Gasteiger partial charge >= 0.3 is 0 Å². The van der Waals surface area contributed by atoms with E-state index in [-0.39, 0.29) is 5.41 Å². The molecule has 0 radical (unpaired) electrons. The Morgan fingerprint density at radius 3 is 1.82 bits per heavy atom. The Bertz CT molecular complexity index is 755. The maximum Gasteiger partial charge on any atom is 0.0393 e. The van der Waals surface area contributed by atoms with Crippen LogP contribution in [0, 0.1) is 0 Å². The standard InChI is InChI=1S/C21H21N/c1-21(2,17-8-4-3-5-9-17)18-14-12-16(13-15-18)19-10-6-7-11-20(19)22/h3-15H,22H2,1-2H3. The van der Waals surface area contributed by atoms with Gasteiger partial charge in [0.25, 0.3) is 0 Å². The van der Waals surface area contributed by atoms with E-state index < -0.39 is 0 Å². The molecule has 3 aromatic carbocycles. The van der Waals surface area contributed by atoms with Crippen LogP contribution in [0.15, 0.2) is 78.9 Å². The quantitative estimate of drug-likeness (QED) is 0.653. The van der Waals surface area contributed by atoms with Gasteiger partial charge in [0.2, 0.25) is 0 Å². The van der Waals surface area contributed by atoms with Crippen LogP contribution in [-0.2, 0) is 5.41 Å². The molecule has 1 heteroatoms. The van der Waals surface area contributed by atoms with Gasteiger partial charge in [0, 0.05) is 16.7 Å². The summed E-state index contributed by atoms with van der Waals surface area (Å²) in [7, 11) is 0. The van der Waals surface area contributed by atoms with Crippen molar-refractivity contribution >= 4 is 5.69 Å². The smallest absolute Gasteiger partial charge is 0.0393 e. The van der Waals surface area contributed by atoms with E-state index in [0.717, 1.165) is 16.8 Å². The van der Waals surface area contributed by atoms with Crippen molar-refractivity contribution in [1.82, 2.24) is 0 Å². The van der Waals surface area contributed by atoms with Crippen molar-refractivity contribution in [2.24, 2.45) is 0 Å². The second-order valence-electron chi connectivity index (χ2n) is 6.16. The lowest BCUT2D eigenvalue weighted by molar-refractivity contribution is 0.641. The minimum Gasteiger partial charge on any atom is -0.398 e. The molecule has 0 aliphatic heterocycles. The molecule has 0 aliphatic rings. The van der Waals surface area contributed by atoms with Crippen LogP contribution in [0.3, 0.4) is 0 Å². The molecule has 0 spiro atoms. The van der Waals surface area contributed by atoms with Gasteiger partial charge in [-0.15, -0.1) is 0 Å². The van der Waals surface area contributed by atoms with Gasteiger partial charge in [-0.05, 0) is 22.8 Å². The van der Waals surface area contributed by atoms with Gasteiger partial charge < -0.3 is 5.73 Å². The zero-order valence-electron chi connectivity index (χ0n) is 13.1. The van der Waals surface area contributed by atoms with E-state index in [1.165, 1.54) is 11.1 Å². The Balaban J connectivity index is 1.97. The van der Waals surface area contributed by atoms with E-state index in [0.29, 0.717) is 0 Å². The summed E-state index contributed by atoms with van der Waals surface area (Å²) >= 11 is 0. The molecule has 3 rings (SSSR count). The highest BCUT2D eigenvalue weighted by Gasteiger charge is 2.22. The SMILES string of the molecule is CC(C)(c1ccccc1)c1ccc(-c2ccccc2N)cc1. The molecule has 0 aliphatic carbocycles. The van der Waals surface area contributed by atoms with Gasteiger partial charge in [-0.2, -0.15) is 0 Å². The molecule has 22 heavy (non-hydrogen) atoms. The monoisotopic (exact) mass is 287 g/mol. The van der Waals surface area contributed by atoms with Crippen molar-refractivity contribution in [3.05, 3.63) is 90.0 Å². The highest BCUT2D eigenvalue weighted by molar-refractivity contribution is 5.76. The summed E-state index contributed by atoms with van der Waals surface area (Å²) < 4.78 is 0. The van der Waals surface area contributed by atoms with E-state index in [1.807, 2.05) is 18.2 Å². The molecule has 0 fully saturated rings. The normalized spacial score (nSPS) is 11.4. The van der Waals surface area contributed by atoms with E-state index >= 15 is 0 Å². The third-order valence-corrected chi connectivity index (χ3v) is 4.37. The molecule has 0 atom stereocenters. The third kappa shape index (κ3) is 2.62. The fraction of sp³-hybridized carbons (Fsp3) is 0.143. The molecule has 0 amide bonds. The molecule has 0 saturated carbocycles. The highest BCUT2D eigenvalue weighted by atomic mass is 14.6. The van der Waals surface area contributed by atoms with Crippen LogP contribution in [0.4, 0.5) is 5.69 Å². The maximum atomic E-state index is 6.07. The number of rotatable bonds is 3. The Hall–Kier alpha value is -2.54. The molecule has 110 valence electrons. The number of benzene rings is 3. The molecule has 0 aromatic heterocycles. The average Bonchev–Trinajstić information content (AvgIpc) is 2.56. The van der Waals surface area contributed by atoms with Crippen molar-refractivity contribution in [3.63, 3.8) is 0 Å². The van der Waals surface area contributed by atoms with Crippen LogP contribution >= 0.6 is 0 Å². The Morgan fingerprint density at radius 1 is 0.636 bits per heavy atom. The first-order valence-electron chi connectivity index (χ1n) is 7.60. The summed E-state index contributed by atoms with van der Waals surface area (Å²) in [5, 5.41) is 0. The number of hydrogen-bond donors (Lipinski definition) is 1. The van der Waals surface area contributed by atoms with Crippen LogP contribution in [-0.4, -0.2) is 0 Å². The maximum absolute atomic E-state index is 6.07. The summed E-state index contributed by atoms with van der Waals surface area (Å²) in [6.07, 6.45) is 0. The minimum absolute atomic E-state index is 0.0119. The predicted octanol–water partition coefficient (Wildman–Crippen LogP) is 5.26. The predicted molar refractivity (Wildman–Crippen MR) is 94.9 cm³/mol. The first-order chi connectivity index (χ1) is 10.6. The highest BCUT2D eigenvalue weighted by Crippen LogP contribution is 2.33. The first-order valence-corrected chi connectivity index (χ1v) is 7.60. The van der Waals surface area contributed by atoms with E-state index in [9.17, 15) is 0 Å². The van der Waals surface area contributed by atoms with Gasteiger partial charge in [-0.3, -0.25) is 0 Å². The number of para-hydroxylation sites is 1. The van der Waals surface area contributed by atoms with Gasteiger partial charge in [0.1, 0.15) is 0 Å². The van der Waals surface area contributed by atoms with Gasteiger partial charge in [-0.25, -0.2) is 0 Å². The van der Waals surface area contributed by atoms with Gasteiger partial charge in [0.15, 0.2) is 0 Å². The zero-order chi connectivity index (χ0) is 15.6. The van der Waals surface area contributed by atoms with Crippen LogP contribution in [0.25, 0.3) is 11.1 Å². The number of nitrogen functional groups attached to an aromatic ring is 1. The van der Waals surface area contributed by atoms with E-state index in [2.05, 4.69) is 74.5 Å². The molecule has 2 N–H and O–H groups in total. The van der Waals surface area contributed by atoms with Gasteiger partial charge in [0.05, 0.1) is 0 Å². The average molecular weight is 287 g/mol. The summed E-state index contributed by atoms with van der Waals surface area (Å²) in [5.74, 6) is 0. The fourth-order valence-corrected chi connectivity index (χ4v) is 2.85. The van der Waals surface area contributed by atoms with Crippen molar-refractivity contribution in [2.75, 3.05) is 5.73 Å². The van der Waals surface area contributed by atoms with Gasteiger partial charge in [-0.1, -0.05) is 86.6 Å². The molecule has 0 heterocycles. The fourth-order valence-electron chi connectivity index (χ4n) is 2.85. The summed E-state index contributed by atoms with van der Waals surface area (Å²) in [4.78, 5) is 0. The molecule has 1 nitrogen and oxygen atoms in total. The summed E-state index contributed by atoms with van der Waals surface area (Å²) in [6.45, 7) is 4.52. The number of anilines is 1. The largest absolute Gasteiger partial charge is 0.398 e. The first kappa shape index (κ1) is 14.4. The number of nitrogens with two attached hydrogens (primary N) is 1. The van der Waals surface area contributed by atoms with E-state index in [1.54, 1.807) is 0 Å². The van der Waals surface area contributed by atoms with E-state index in [4.69, 9.17) is 5.73 Å². The van der Waals surface area contributed by atoms with Crippen molar-refractivity contribution in [2.45, 2.75) is 19.3 Å². The van der Waals surface area contributed by atoms with Crippen LogP contribution in [0.1, 0.15) is 25.0 Å². The summed E-state index contributed by atoms with van der Waals surface area (Å²) in [6, 6.07) is 27.3. The second-order valence-corrected chi connectivity index (χ2v) is 6.16. The topological polar surface area (TPSA) is 26.0 Å². The molecule has 0 bridgehead atoms. The Morgan fingerprint density at radius 2 is 1.18 bits per heavy atom. The van der Waals surface area contributed by atoms with Crippen LogP contribution in [0.2, 0.25) is 0 Å². The van der Waals surface area contributed by atoms with Crippen molar-refractivity contribution in [1.29, 1.82) is 0 Å². The number of hydrogen-bond acceptors (Lipinski definition) is 1. The Kier molecular flexibility index (Phi) is 3.72. The third-order valence-electron chi connectivity index (χ3n) is 4.37. The Labute approximate surface area is 132 Å². The lowest BCUT2D eigenvalue weighted by atomic mass is 9.78. The molecular weight excluding hydrogens is 266 g/mol.